The van der Waals surface area contributed by atoms with Crippen molar-refractivity contribution in [3.05, 3.63) is 34.7 Å². The Kier molecular flexibility index (Phi) is 4.18. The van der Waals surface area contributed by atoms with Crippen LogP contribution < -0.4 is 5.73 Å². The van der Waals surface area contributed by atoms with Gasteiger partial charge in [0.1, 0.15) is 16.7 Å². The average Bonchev–Trinajstić information content (AvgIpc) is 3.35. The van der Waals surface area contributed by atoms with Gasteiger partial charge in [0.05, 0.1) is 21.2 Å². The third kappa shape index (κ3) is 2.78. The Bertz CT molecular complexity index is 918. The highest BCUT2D eigenvalue weighted by Gasteiger charge is 2.27. The number of nitrogens with zero attached hydrogens (tertiary/aromatic N) is 3. The molecule has 1 unspecified atom stereocenters. The van der Waals surface area contributed by atoms with Gasteiger partial charge in [0.25, 0.3) is 0 Å². The van der Waals surface area contributed by atoms with E-state index in [0.717, 1.165) is 16.6 Å². The first kappa shape index (κ1) is 16.2. The van der Waals surface area contributed by atoms with Crippen molar-refractivity contribution in [2.45, 2.75) is 41.5 Å². The molecule has 7 heteroatoms. The molecule has 0 aliphatic heterocycles. The first-order valence-electron chi connectivity index (χ1n) is 7.86. The number of pyridine rings is 1. The van der Waals surface area contributed by atoms with E-state index in [1.54, 1.807) is 11.3 Å². The summed E-state index contributed by atoms with van der Waals surface area (Å²) in [6.07, 6.45) is 6.55. The van der Waals surface area contributed by atoms with Gasteiger partial charge in [-0.2, -0.15) is 0 Å². The minimum Gasteiger partial charge on any atom is -0.383 e. The summed E-state index contributed by atoms with van der Waals surface area (Å²) in [7, 11) is 0. The van der Waals surface area contributed by atoms with Crippen LogP contribution in [0.5, 0.6) is 0 Å². The van der Waals surface area contributed by atoms with Crippen LogP contribution in [0.3, 0.4) is 0 Å². The zero-order chi connectivity index (χ0) is 16.8. The predicted octanol–water partition coefficient (Wildman–Crippen LogP) is 4.71. The number of thioether (sulfide) groups is 1. The second-order valence-electron chi connectivity index (χ2n) is 6.12. The summed E-state index contributed by atoms with van der Waals surface area (Å²) >= 11 is 7.70. The number of aromatic nitrogens is 3. The molecule has 2 N–H and O–H groups in total. The highest BCUT2D eigenvalue weighted by molar-refractivity contribution is 7.99. The monoisotopic (exact) mass is 374 g/mol. The molecule has 3 heterocycles. The lowest BCUT2D eigenvalue weighted by Crippen LogP contribution is -2.08. The van der Waals surface area contributed by atoms with E-state index in [-0.39, 0.29) is 5.92 Å². The molecule has 1 aliphatic carbocycles. The lowest BCUT2D eigenvalue weighted by molar-refractivity contribution is 0.756. The lowest BCUT2D eigenvalue weighted by Gasteiger charge is -2.13. The van der Waals surface area contributed by atoms with E-state index >= 15 is 0 Å². The molecule has 0 spiro atoms. The van der Waals surface area contributed by atoms with Gasteiger partial charge in [-0.1, -0.05) is 0 Å². The summed E-state index contributed by atoms with van der Waals surface area (Å²) in [6, 6.07) is 2.21. The van der Waals surface area contributed by atoms with Crippen LogP contribution >= 0.6 is 35.7 Å². The second kappa shape index (κ2) is 6.20. The van der Waals surface area contributed by atoms with E-state index in [1.807, 2.05) is 12.5 Å². The van der Waals surface area contributed by atoms with Gasteiger partial charge in [0, 0.05) is 6.20 Å². The Morgan fingerprint density at radius 1 is 1.38 bits per heavy atom. The average molecular weight is 375 g/mol. The molecule has 1 fully saturated rings. The molecular weight excluding hydrogens is 356 g/mol. The Morgan fingerprint density at radius 3 is 2.88 bits per heavy atom. The number of hydrogen-bond donors (Lipinski definition) is 2. The fourth-order valence-electron chi connectivity index (χ4n) is 2.85. The molecule has 1 saturated carbocycles. The number of fused-ring (bicyclic) bond motifs is 1. The van der Waals surface area contributed by atoms with Crippen molar-refractivity contribution >= 4 is 51.6 Å². The number of hydrogen-bond acceptors (Lipinski definition) is 7. The minimum atomic E-state index is -0.0107. The number of rotatable bonds is 4. The maximum atomic E-state index is 6.00. The molecule has 0 amide bonds. The van der Waals surface area contributed by atoms with Crippen molar-refractivity contribution < 1.29 is 0 Å². The third-order valence-corrected chi connectivity index (χ3v) is 6.68. The highest BCUT2D eigenvalue weighted by atomic mass is 32.2. The Balaban J connectivity index is 1.76. The van der Waals surface area contributed by atoms with Crippen molar-refractivity contribution in [3.8, 4) is 0 Å². The quantitative estimate of drug-likeness (QED) is 0.393. The third-order valence-electron chi connectivity index (χ3n) is 4.45. The molecule has 3 aromatic rings. The van der Waals surface area contributed by atoms with E-state index < -0.39 is 0 Å². The van der Waals surface area contributed by atoms with Gasteiger partial charge in [0.15, 0.2) is 0 Å². The molecule has 0 saturated heterocycles. The zero-order valence-electron chi connectivity index (χ0n) is 13.5. The molecule has 0 aromatic carbocycles. The van der Waals surface area contributed by atoms with Gasteiger partial charge in [-0.05, 0) is 54.3 Å². The van der Waals surface area contributed by atoms with E-state index in [0.29, 0.717) is 16.5 Å². The summed E-state index contributed by atoms with van der Waals surface area (Å²) in [5, 5.41) is 4.43. The first-order chi connectivity index (χ1) is 11.6. The summed E-state index contributed by atoms with van der Waals surface area (Å²) in [5.74, 6) is 1.85. The van der Waals surface area contributed by atoms with Gasteiger partial charge in [-0.3, -0.25) is 4.98 Å². The molecule has 24 heavy (non-hydrogen) atoms. The summed E-state index contributed by atoms with van der Waals surface area (Å²) in [5.41, 5.74) is 8.46. The van der Waals surface area contributed by atoms with Gasteiger partial charge < -0.3 is 5.73 Å². The number of anilines is 1. The van der Waals surface area contributed by atoms with Gasteiger partial charge in [0.2, 0.25) is 0 Å². The van der Waals surface area contributed by atoms with Crippen LogP contribution in [0.4, 0.5) is 5.82 Å². The summed E-state index contributed by atoms with van der Waals surface area (Å²) in [4.78, 5) is 14.4. The lowest BCUT2D eigenvalue weighted by atomic mass is 10.0. The first-order valence-corrected chi connectivity index (χ1v) is 10.4. The molecule has 0 bridgehead atoms. The topological polar surface area (TPSA) is 64.7 Å². The van der Waals surface area contributed by atoms with E-state index in [2.05, 4.69) is 46.0 Å². The van der Waals surface area contributed by atoms with Crippen LogP contribution in [0.15, 0.2) is 27.6 Å². The molecule has 1 atom stereocenters. The Morgan fingerprint density at radius 2 is 2.17 bits per heavy atom. The van der Waals surface area contributed by atoms with E-state index in [1.165, 1.54) is 40.3 Å². The fourth-order valence-corrected chi connectivity index (χ4v) is 4.70. The van der Waals surface area contributed by atoms with Crippen molar-refractivity contribution in [1.29, 1.82) is 0 Å². The molecular formula is C17H18N4S3. The van der Waals surface area contributed by atoms with Crippen LogP contribution in [-0.4, -0.2) is 21.2 Å². The van der Waals surface area contributed by atoms with Gasteiger partial charge in [-0.25, -0.2) is 9.97 Å². The van der Waals surface area contributed by atoms with Crippen LogP contribution in [0.25, 0.3) is 10.1 Å². The standard InChI is InChI=1S/C17H18N4S3/c1-8(16-20-15(18)14(22)17(21-16)23-2)12-5-10-11(9-3-4-9)7-24-13(10)6-19-12/h5-9,22H,3-4H2,1-2H3,(H2,18,20,21). The van der Waals surface area contributed by atoms with E-state index in [9.17, 15) is 0 Å². The number of thiophene rings is 1. The molecule has 1 aliphatic rings. The molecule has 3 aromatic heterocycles. The van der Waals surface area contributed by atoms with Crippen molar-refractivity contribution in [2.24, 2.45) is 0 Å². The molecule has 4 rings (SSSR count). The summed E-state index contributed by atoms with van der Waals surface area (Å²) in [6.45, 7) is 2.08. The maximum Gasteiger partial charge on any atom is 0.141 e. The maximum absolute atomic E-state index is 6.00. The zero-order valence-corrected chi connectivity index (χ0v) is 16.0. The molecule has 124 valence electrons. The van der Waals surface area contributed by atoms with Gasteiger partial charge >= 0.3 is 0 Å². The van der Waals surface area contributed by atoms with E-state index in [4.69, 9.17) is 5.73 Å². The van der Waals surface area contributed by atoms with Crippen LogP contribution in [0.1, 0.15) is 48.7 Å². The van der Waals surface area contributed by atoms with Crippen LogP contribution in [0.2, 0.25) is 0 Å². The fraction of sp³-hybridized carbons (Fsp3) is 0.353. The molecule has 0 radical (unpaired) electrons. The normalized spacial score (nSPS) is 15.8. The number of nitrogen functional groups attached to an aromatic ring is 1. The molecule has 4 nitrogen and oxygen atoms in total. The predicted molar refractivity (Wildman–Crippen MR) is 105 cm³/mol. The Labute approximate surface area is 154 Å². The highest BCUT2D eigenvalue weighted by Crippen LogP contribution is 2.45. The van der Waals surface area contributed by atoms with Crippen LogP contribution in [0, 0.1) is 0 Å². The second-order valence-corrected chi connectivity index (χ2v) is 8.27. The number of thiol groups is 1. The Hall–Kier alpha value is -1.31. The van der Waals surface area contributed by atoms with Crippen molar-refractivity contribution in [1.82, 2.24) is 15.0 Å². The van der Waals surface area contributed by atoms with Gasteiger partial charge in [-0.15, -0.1) is 35.7 Å². The SMILES string of the molecule is CSc1nc(C(C)c2cc3c(C4CC4)csc3cn2)nc(N)c1S. The minimum absolute atomic E-state index is 0.0107. The smallest absolute Gasteiger partial charge is 0.141 e. The number of nitrogens with two attached hydrogens (primary N) is 1. The van der Waals surface area contributed by atoms with Crippen LogP contribution in [-0.2, 0) is 0 Å². The van der Waals surface area contributed by atoms with Crippen molar-refractivity contribution in [2.75, 3.05) is 12.0 Å². The summed E-state index contributed by atoms with van der Waals surface area (Å²) < 4.78 is 1.25. The largest absolute Gasteiger partial charge is 0.383 e. The van der Waals surface area contributed by atoms with Crippen molar-refractivity contribution in [3.63, 3.8) is 0 Å².